The van der Waals surface area contributed by atoms with Gasteiger partial charge in [0.15, 0.2) is 0 Å². The highest BCUT2D eigenvalue weighted by atomic mass is 32.2. The summed E-state index contributed by atoms with van der Waals surface area (Å²) < 4.78 is 31.9. The van der Waals surface area contributed by atoms with Gasteiger partial charge in [-0.2, -0.15) is 23.5 Å². The van der Waals surface area contributed by atoms with Gasteiger partial charge in [-0.25, -0.2) is 0 Å². The van der Waals surface area contributed by atoms with Crippen molar-refractivity contribution in [1.29, 1.82) is 0 Å². The molecule has 0 aliphatic carbocycles. The van der Waals surface area contributed by atoms with Gasteiger partial charge in [-0.05, 0) is 24.3 Å². The van der Waals surface area contributed by atoms with Gasteiger partial charge in [0.25, 0.3) is 0 Å². The summed E-state index contributed by atoms with van der Waals surface area (Å²) in [6.07, 6.45) is 1.87. The van der Waals surface area contributed by atoms with Crippen molar-refractivity contribution in [3.8, 4) is 0 Å². The van der Waals surface area contributed by atoms with E-state index in [4.69, 9.17) is 38.0 Å². The fourth-order valence-corrected chi connectivity index (χ4v) is 8.77. The van der Waals surface area contributed by atoms with Crippen LogP contribution in [0.2, 0.25) is 12.1 Å². The second-order valence-corrected chi connectivity index (χ2v) is 16.9. The Labute approximate surface area is 222 Å². The molecular formula is C21H48N2O8S2Si2. The van der Waals surface area contributed by atoms with Crippen molar-refractivity contribution in [3.05, 3.63) is 0 Å². The molecule has 0 rings (SSSR count). The lowest BCUT2D eigenvalue weighted by Gasteiger charge is -2.24. The standard InChI is InChI=1S/C11H25NO4SSi.C10H23NO4SSi/c1-11(2,10(12)13)9-17-7-6-8-18(14-3,15-4)16-5;1-9(10(11)12)8-16-6-5-7-17(13-2,14-3)15-4/h6-9H2,1-5H3,(H2,12,13);9H,5-8H2,1-4H3,(H2,11,12). The highest BCUT2D eigenvalue weighted by Gasteiger charge is 2.37. The number of nitrogens with two attached hydrogens (primary N) is 2. The van der Waals surface area contributed by atoms with Gasteiger partial charge in [0.2, 0.25) is 11.8 Å². The van der Waals surface area contributed by atoms with Gasteiger partial charge >= 0.3 is 17.6 Å². The first-order valence-corrected chi connectivity index (χ1v) is 17.6. The third-order valence-corrected chi connectivity index (χ3v) is 13.9. The zero-order chi connectivity index (χ0) is 27.5. The number of primary amides is 2. The summed E-state index contributed by atoms with van der Waals surface area (Å²) in [6, 6.07) is 1.56. The predicted octanol–water partition coefficient (Wildman–Crippen LogP) is 2.61. The van der Waals surface area contributed by atoms with E-state index in [0.717, 1.165) is 47.9 Å². The van der Waals surface area contributed by atoms with E-state index in [1.807, 2.05) is 20.8 Å². The Hall–Kier alpha value is -0.166. The van der Waals surface area contributed by atoms with Crippen molar-refractivity contribution in [1.82, 2.24) is 0 Å². The number of amides is 2. The van der Waals surface area contributed by atoms with Crippen LogP contribution in [-0.2, 0) is 36.1 Å². The quantitative estimate of drug-likeness (QED) is 0.164. The minimum absolute atomic E-state index is 0.0747. The molecule has 0 aliphatic rings. The molecule has 0 spiro atoms. The van der Waals surface area contributed by atoms with Crippen molar-refractivity contribution < 1.29 is 36.1 Å². The number of carbonyl (C=O) groups excluding carboxylic acids is 2. The molecule has 1 unspecified atom stereocenters. The minimum Gasteiger partial charge on any atom is -0.377 e. The molecule has 0 aromatic heterocycles. The first-order valence-electron chi connectivity index (χ1n) is 11.4. The lowest BCUT2D eigenvalue weighted by Crippen LogP contribution is -2.42. The smallest absolute Gasteiger partial charge is 0.377 e. The maximum Gasteiger partial charge on any atom is 0.500 e. The highest BCUT2D eigenvalue weighted by molar-refractivity contribution is 7.99. The third-order valence-electron chi connectivity index (χ3n) is 5.39. The summed E-state index contributed by atoms with van der Waals surface area (Å²) in [7, 11) is 4.82. The van der Waals surface area contributed by atoms with Gasteiger partial charge in [0.05, 0.1) is 5.41 Å². The molecule has 35 heavy (non-hydrogen) atoms. The summed E-state index contributed by atoms with van der Waals surface area (Å²) in [4.78, 5) is 22.0. The van der Waals surface area contributed by atoms with E-state index in [9.17, 15) is 9.59 Å². The topological polar surface area (TPSA) is 142 Å². The number of rotatable bonds is 20. The van der Waals surface area contributed by atoms with E-state index < -0.39 is 23.0 Å². The summed E-state index contributed by atoms with van der Waals surface area (Å²) in [6.45, 7) is 5.57. The number of hydrogen-bond donors (Lipinski definition) is 2. The fourth-order valence-electron chi connectivity index (χ4n) is 2.63. The average Bonchev–Trinajstić information content (AvgIpc) is 2.84. The van der Waals surface area contributed by atoms with E-state index >= 15 is 0 Å². The van der Waals surface area contributed by atoms with Crippen molar-refractivity contribution in [2.24, 2.45) is 22.8 Å². The Morgan fingerprint density at radius 2 is 1.14 bits per heavy atom. The fraction of sp³-hybridized carbons (Fsp3) is 0.905. The molecule has 0 saturated carbocycles. The van der Waals surface area contributed by atoms with E-state index in [1.54, 1.807) is 66.2 Å². The average molecular weight is 577 g/mol. The lowest BCUT2D eigenvalue weighted by atomic mass is 9.96. The molecule has 4 N–H and O–H groups in total. The monoisotopic (exact) mass is 576 g/mol. The molecule has 210 valence electrons. The Bertz CT molecular complexity index is 567. The van der Waals surface area contributed by atoms with Crippen molar-refractivity contribution in [3.63, 3.8) is 0 Å². The van der Waals surface area contributed by atoms with Crippen LogP contribution in [0.5, 0.6) is 0 Å². The van der Waals surface area contributed by atoms with Crippen LogP contribution in [0.15, 0.2) is 0 Å². The first kappa shape index (κ1) is 37.0. The Balaban J connectivity index is 0. The van der Waals surface area contributed by atoms with Crippen LogP contribution < -0.4 is 11.5 Å². The summed E-state index contributed by atoms with van der Waals surface area (Å²) >= 11 is 3.43. The van der Waals surface area contributed by atoms with Crippen LogP contribution in [-0.4, -0.2) is 95.1 Å². The van der Waals surface area contributed by atoms with Crippen LogP contribution in [0.25, 0.3) is 0 Å². The molecule has 0 radical (unpaired) electrons. The van der Waals surface area contributed by atoms with Gasteiger partial charge in [-0.1, -0.05) is 20.8 Å². The maximum atomic E-state index is 11.1. The zero-order valence-corrected chi connectivity index (χ0v) is 26.6. The SMILES string of the molecule is CO[Si](CCCSCC(C)(C)C(N)=O)(OC)OC.CO[Si](CCCSCC(C)C(N)=O)(OC)OC. The van der Waals surface area contributed by atoms with Crippen LogP contribution in [0.3, 0.4) is 0 Å². The summed E-state index contributed by atoms with van der Waals surface area (Å²) in [5.41, 5.74) is 10.0. The molecule has 14 heteroatoms. The largest absolute Gasteiger partial charge is 0.500 e. The molecule has 0 saturated heterocycles. The van der Waals surface area contributed by atoms with Crippen molar-refractivity contribution in [2.45, 2.75) is 45.7 Å². The molecule has 1 atom stereocenters. The van der Waals surface area contributed by atoms with E-state index in [1.165, 1.54) is 0 Å². The van der Waals surface area contributed by atoms with Gasteiger partial charge in [0.1, 0.15) is 0 Å². The molecule has 10 nitrogen and oxygen atoms in total. The second-order valence-electron chi connectivity index (χ2n) is 8.48. The van der Waals surface area contributed by atoms with Gasteiger partial charge in [-0.15, -0.1) is 0 Å². The highest BCUT2D eigenvalue weighted by Crippen LogP contribution is 2.23. The third kappa shape index (κ3) is 15.6. The predicted molar refractivity (Wildman–Crippen MR) is 148 cm³/mol. The van der Waals surface area contributed by atoms with Gasteiger partial charge in [0, 0.05) is 72.2 Å². The Morgan fingerprint density at radius 1 is 0.771 bits per heavy atom. The van der Waals surface area contributed by atoms with Crippen LogP contribution in [0.1, 0.15) is 33.6 Å². The Kier molecular flexibility index (Phi) is 21.0. The van der Waals surface area contributed by atoms with Crippen LogP contribution in [0.4, 0.5) is 0 Å². The minimum atomic E-state index is -2.44. The van der Waals surface area contributed by atoms with Gasteiger partial charge < -0.3 is 38.0 Å². The van der Waals surface area contributed by atoms with Crippen molar-refractivity contribution in [2.75, 3.05) is 65.7 Å². The van der Waals surface area contributed by atoms with E-state index in [2.05, 4.69) is 0 Å². The number of carbonyl (C=O) groups is 2. The van der Waals surface area contributed by atoms with Crippen LogP contribution >= 0.6 is 23.5 Å². The second kappa shape index (κ2) is 19.9. The molecule has 0 fully saturated rings. The number of thioether (sulfide) groups is 2. The molecule has 0 bridgehead atoms. The molecular weight excluding hydrogens is 529 g/mol. The Morgan fingerprint density at radius 3 is 1.46 bits per heavy atom. The normalized spacial score (nSPS) is 13.2. The van der Waals surface area contributed by atoms with Crippen LogP contribution in [0, 0.1) is 11.3 Å². The molecule has 0 heterocycles. The van der Waals surface area contributed by atoms with Gasteiger partial charge in [-0.3, -0.25) is 9.59 Å². The first-order chi connectivity index (χ1) is 16.3. The lowest BCUT2D eigenvalue weighted by molar-refractivity contribution is -0.125. The summed E-state index contributed by atoms with van der Waals surface area (Å²) in [5, 5.41) is 0. The summed E-state index contributed by atoms with van der Waals surface area (Å²) in [5.74, 6) is 2.79. The molecule has 0 aromatic carbocycles. The van der Waals surface area contributed by atoms with E-state index in [0.29, 0.717) is 0 Å². The number of hydrogen-bond acceptors (Lipinski definition) is 10. The molecule has 0 aromatic rings. The maximum absolute atomic E-state index is 11.1. The van der Waals surface area contributed by atoms with Crippen molar-refractivity contribution >= 4 is 52.9 Å². The van der Waals surface area contributed by atoms with E-state index in [-0.39, 0.29) is 17.7 Å². The zero-order valence-electron chi connectivity index (χ0n) is 23.0. The molecule has 0 aliphatic heterocycles. The molecule has 2 amide bonds.